The molecule has 1 aromatic rings. The van der Waals surface area contributed by atoms with Gasteiger partial charge < -0.3 is 19.5 Å². The molecule has 0 aromatic heterocycles. The van der Waals surface area contributed by atoms with Crippen LogP contribution < -0.4 is 0 Å². The molecule has 1 fully saturated rings. The molecule has 1 atom stereocenters. The molecular formula is C16H21NO5S. The lowest BCUT2D eigenvalue weighted by molar-refractivity contribution is -0.136. The summed E-state index contributed by atoms with van der Waals surface area (Å²) in [7, 11) is 1.62. The van der Waals surface area contributed by atoms with E-state index in [4.69, 9.17) is 14.6 Å². The highest BCUT2D eigenvalue weighted by Crippen LogP contribution is 2.29. The van der Waals surface area contributed by atoms with Crippen molar-refractivity contribution < 1.29 is 24.2 Å². The average Bonchev–Trinajstić information content (AvgIpc) is 2.49. The van der Waals surface area contributed by atoms with E-state index in [1.165, 1.54) is 11.8 Å². The lowest BCUT2D eigenvalue weighted by atomic mass is 10.1. The second kappa shape index (κ2) is 8.33. The summed E-state index contributed by atoms with van der Waals surface area (Å²) in [6.07, 6.45) is 0.0480. The Bertz CT molecular complexity index is 559. The molecule has 1 aromatic carbocycles. The summed E-state index contributed by atoms with van der Waals surface area (Å²) in [6, 6.07) is 7.11. The number of rotatable bonds is 8. The van der Waals surface area contributed by atoms with Crippen LogP contribution in [0.25, 0.3) is 0 Å². The number of hydrogen-bond donors (Lipinski definition) is 1. The number of methoxy groups -OCH3 is 1. The summed E-state index contributed by atoms with van der Waals surface area (Å²) in [5.41, 5.74) is 0.543. The number of thioether (sulfide) groups is 1. The van der Waals surface area contributed by atoms with Crippen molar-refractivity contribution in [1.29, 1.82) is 0 Å². The van der Waals surface area contributed by atoms with E-state index >= 15 is 0 Å². The molecule has 0 bridgehead atoms. The van der Waals surface area contributed by atoms with Crippen molar-refractivity contribution in [3.63, 3.8) is 0 Å². The van der Waals surface area contributed by atoms with Crippen LogP contribution in [0.15, 0.2) is 29.2 Å². The number of nitrogens with zero attached hydrogens (tertiary/aromatic N) is 1. The van der Waals surface area contributed by atoms with Gasteiger partial charge in [0.2, 0.25) is 0 Å². The number of carboxylic acids is 1. The predicted molar refractivity (Wildman–Crippen MR) is 86.9 cm³/mol. The van der Waals surface area contributed by atoms with E-state index in [-0.39, 0.29) is 12.0 Å². The first-order chi connectivity index (χ1) is 11.0. The minimum atomic E-state index is -0.896. The number of amides is 1. The van der Waals surface area contributed by atoms with E-state index in [2.05, 4.69) is 0 Å². The van der Waals surface area contributed by atoms with Crippen LogP contribution in [0.2, 0.25) is 0 Å². The highest BCUT2D eigenvalue weighted by atomic mass is 32.2. The smallest absolute Gasteiger partial charge is 0.316 e. The van der Waals surface area contributed by atoms with Gasteiger partial charge in [-0.15, -0.1) is 11.8 Å². The van der Waals surface area contributed by atoms with E-state index in [1.54, 1.807) is 43.2 Å². The predicted octanol–water partition coefficient (Wildman–Crippen LogP) is 1.74. The molecule has 126 valence electrons. The zero-order valence-electron chi connectivity index (χ0n) is 13.2. The zero-order chi connectivity index (χ0) is 16.8. The normalized spacial score (nSPS) is 16.0. The Morgan fingerprint density at radius 3 is 2.70 bits per heavy atom. The largest absolute Gasteiger partial charge is 0.480 e. The summed E-state index contributed by atoms with van der Waals surface area (Å²) in [5.74, 6) is -0.981. The maximum atomic E-state index is 12.6. The summed E-state index contributed by atoms with van der Waals surface area (Å²) in [4.78, 5) is 26.0. The van der Waals surface area contributed by atoms with Crippen molar-refractivity contribution in [3.05, 3.63) is 29.8 Å². The monoisotopic (exact) mass is 339 g/mol. The van der Waals surface area contributed by atoms with Crippen LogP contribution in [0.4, 0.5) is 0 Å². The molecule has 2 rings (SSSR count). The number of benzene rings is 1. The van der Waals surface area contributed by atoms with Gasteiger partial charge in [-0.05, 0) is 19.1 Å². The summed E-state index contributed by atoms with van der Waals surface area (Å²) < 4.78 is 10.5. The Morgan fingerprint density at radius 2 is 2.04 bits per heavy atom. The van der Waals surface area contributed by atoms with Crippen LogP contribution in [0.5, 0.6) is 0 Å². The van der Waals surface area contributed by atoms with Gasteiger partial charge in [-0.3, -0.25) is 9.59 Å². The third-order valence-electron chi connectivity index (χ3n) is 3.55. The summed E-state index contributed by atoms with van der Waals surface area (Å²) in [5, 5.41) is 8.43. The first-order valence-electron chi connectivity index (χ1n) is 7.41. The second-order valence-electron chi connectivity index (χ2n) is 5.29. The van der Waals surface area contributed by atoms with Gasteiger partial charge in [0.15, 0.2) is 0 Å². The maximum Gasteiger partial charge on any atom is 0.316 e. The fraction of sp³-hybridized carbons (Fsp3) is 0.500. The quantitative estimate of drug-likeness (QED) is 0.574. The molecule has 1 amide bonds. The number of likely N-dealkylation sites (tertiary alicyclic amines) is 1. The van der Waals surface area contributed by atoms with E-state index < -0.39 is 11.2 Å². The number of carboxylic acid groups (broad SMARTS) is 1. The van der Waals surface area contributed by atoms with Gasteiger partial charge in [0.05, 0.1) is 24.9 Å². The van der Waals surface area contributed by atoms with Crippen molar-refractivity contribution in [2.24, 2.45) is 0 Å². The van der Waals surface area contributed by atoms with Gasteiger partial charge in [0.1, 0.15) is 5.25 Å². The highest BCUT2D eigenvalue weighted by Gasteiger charge is 2.33. The number of carbonyl (C=O) groups is 2. The lowest BCUT2D eigenvalue weighted by Gasteiger charge is -2.39. The summed E-state index contributed by atoms with van der Waals surface area (Å²) in [6.45, 7) is 3.77. The Balaban J connectivity index is 1.94. The minimum Gasteiger partial charge on any atom is -0.480 e. The molecule has 1 N–H and O–H groups in total. The van der Waals surface area contributed by atoms with Gasteiger partial charge in [0.25, 0.3) is 5.91 Å². The van der Waals surface area contributed by atoms with Gasteiger partial charge in [0, 0.05) is 25.1 Å². The third kappa shape index (κ3) is 4.70. The molecule has 23 heavy (non-hydrogen) atoms. The average molecular weight is 339 g/mol. The van der Waals surface area contributed by atoms with E-state index in [9.17, 15) is 9.59 Å². The van der Waals surface area contributed by atoms with E-state index in [0.29, 0.717) is 36.8 Å². The standard InChI is InChI=1S/C16H21NO5S/c1-11(16(19)20)23-14-6-4-3-5-13(14)15(18)17-9-12(10-17)22-8-7-21-2/h3-6,11-12H,7-10H2,1-2H3,(H,19,20). The first kappa shape index (κ1) is 17.8. The Morgan fingerprint density at radius 1 is 1.35 bits per heavy atom. The van der Waals surface area contributed by atoms with E-state index in [1.807, 2.05) is 0 Å². The lowest BCUT2D eigenvalue weighted by Crippen LogP contribution is -2.55. The number of aliphatic carboxylic acids is 1. The van der Waals surface area contributed by atoms with Crippen LogP contribution in [-0.2, 0) is 14.3 Å². The van der Waals surface area contributed by atoms with Gasteiger partial charge in [-0.2, -0.15) is 0 Å². The molecule has 1 aliphatic heterocycles. The van der Waals surface area contributed by atoms with Crippen molar-refractivity contribution in [2.45, 2.75) is 23.2 Å². The van der Waals surface area contributed by atoms with Crippen LogP contribution in [-0.4, -0.2) is 66.6 Å². The Labute approximate surface area is 139 Å². The van der Waals surface area contributed by atoms with Crippen molar-refractivity contribution >= 4 is 23.6 Å². The number of hydrogen-bond acceptors (Lipinski definition) is 5. The molecular weight excluding hydrogens is 318 g/mol. The van der Waals surface area contributed by atoms with Crippen LogP contribution in [0.3, 0.4) is 0 Å². The van der Waals surface area contributed by atoms with Crippen molar-refractivity contribution in [3.8, 4) is 0 Å². The molecule has 0 radical (unpaired) electrons. The second-order valence-corrected chi connectivity index (χ2v) is 6.67. The fourth-order valence-corrected chi connectivity index (χ4v) is 3.09. The van der Waals surface area contributed by atoms with Crippen molar-refractivity contribution in [1.82, 2.24) is 4.90 Å². The highest BCUT2D eigenvalue weighted by molar-refractivity contribution is 8.00. The van der Waals surface area contributed by atoms with Crippen LogP contribution in [0, 0.1) is 0 Å². The maximum absolute atomic E-state index is 12.6. The summed E-state index contributed by atoms with van der Waals surface area (Å²) >= 11 is 1.18. The van der Waals surface area contributed by atoms with Gasteiger partial charge >= 0.3 is 5.97 Å². The molecule has 6 nitrogen and oxygen atoms in total. The molecule has 1 unspecified atom stereocenters. The van der Waals surface area contributed by atoms with Crippen molar-refractivity contribution in [2.75, 3.05) is 33.4 Å². The fourth-order valence-electron chi connectivity index (χ4n) is 2.16. The zero-order valence-corrected chi connectivity index (χ0v) is 14.0. The molecule has 0 spiro atoms. The molecule has 1 aliphatic rings. The van der Waals surface area contributed by atoms with Crippen LogP contribution in [0.1, 0.15) is 17.3 Å². The molecule has 1 saturated heterocycles. The third-order valence-corrected chi connectivity index (χ3v) is 4.71. The molecule has 0 aliphatic carbocycles. The molecule has 1 heterocycles. The number of ether oxygens (including phenoxy) is 2. The van der Waals surface area contributed by atoms with Gasteiger partial charge in [-0.1, -0.05) is 12.1 Å². The van der Waals surface area contributed by atoms with Crippen LogP contribution >= 0.6 is 11.8 Å². The Kier molecular flexibility index (Phi) is 6.44. The SMILES string of the molecule is COCCOC1CN(C(=O)c2ccccc2SC(C)C(=O)O)C1. The molecule has 7 heteroatoms. The Hall–Kier alpha value is -1.57. The number of carbonyl (C=O) groups excluding carboxylic acids is 1. The topological polar surface area (TPSA) is 76.1 Å². The van der Waals surface area contributed by atoms with E-state index in [0.717, 1.165) is 0 Å². The molecule has 0 saturated carbocycles. The van der Waals surface area contributed by atoms with Gasteiger partial charge in [-0.25, -0.2) is 0 Å². The minimum absolute atomic E-state index is 0.0480. The first-order valence-corrected chi connectivity index (χ1v) is 8.29.